The van der Waals surface area contributed by atoms with Crippen molar-refractivity contribution in [2.75, 3.05) is 0 Å². The standard InChI is InChI=1S/C12H21N3O/c1-8(2)10(13)11-14-12(16-15-11)9-6-4-3-5-7-9/h8-10H,3-7,13H2,1-2H3. The maximum atomic E-state index is 6.00. The maximum Gasteiger partial charge on any atom is 0.229 e. The Morgan fingerprint density at radius 2 is 1.94 bits per heavy atom. The molecule has 0 spiro atoms. The smallest absolute Gasteiger partial charge is 0.229 e. The molecule has 0 radical (unpaired) electrons. The number of nitrogens with two attached hydrogens (primary N) is 1. The monoisotopic (exact) mass is 223 g/mol. The van der Waals surface area contributed by atoms with Gasteiger partial charge in [-0.3, -0.25) is 0 Å². The third-order valence-corrected chi connectivity index (χ3v) is 3.43. The topological polar surface area (TPSA) is 64.9 Å². The zero-order chi connectivity index (χ0) is 11.5. The molecule has 2 N–H and O–H groups in total. The van der Waals surface area contributed by atoms with E-state index in [2.05, 4.69) is 24.0 Å². The molecule has 1 aliphatic carbocycles. The summed E-state index contributed by atoms with van der Waals surface area (Å²) in [6.45, 7) is 4.14. The molecule has 0 bridgehead atoms. The highest BCUT2D eigenvalue weighted by atomic mass is 16.5. The first-order valence-corrected chi connectivity index (χ1v) is 6.27. The Morgan fingerprint density at radius 3 is 2.56 bits per heavy atom. The van der Waals surface area contributed by atoms with E-state index in [9.17, 15) is 0 Å². The molecule has 90 valence electrons. The van der Waals surface area contributed by atoms with Crippen LogP contribution in [0.1, 0.15) is 69.6 Å². The molecule has 0 aliphatic heterocycles. The summed E-state index contributed by atoms with van der Waals surface area (Å²) in [5.41, 5.74) is 6.00. The van der Waals surface area contributed by atoms with E-state index in [1.165, 1.54) is 32.1 Å². The molecule has 0 aromatic carbocycles. The SMILES string of the molecule is CC(C)C(N)c1noc(C2CCCCC2)n1. The van der Waals surface area contributed by atoms with Crippen molar-refractivity contribution in [3.8, 4) is 0 Å². The fourth-order valence-corrected chi connectivity index (χ4v) is 2.20. The second-order valence-corrected chi connectivity index (χ2v) is 5.10. The summed E-state index contributed by atoms with van der Waals surface area (Å²) in [6, 6.07) is -0.110. The molecule has 1 atom stereocenters. The van der Waals surface area contributed by atoms with Gasteiger partial charge in [0, 0.05) is 5.92 Å². The van der Waals surface area contributed by atoms with Crippen molar-refractivity contribution in [2.45, 2.75) is 57.9 Å². The average molecular weight is 223 g/mol. The van der Waals surface area contributed by atoms with Gasteiger partial charge in [-0.25, -0.2) is 0 Å². The fourth-order valence-electron chi connectivity index (χ4n) is 2.20. The maximum absolute atomic E-state index is 6.00. The van der Waals surface area contributed by atoms with Crippen LogP contribution >= 0.6 is 0 Å². The van der Waals surface area contributed by atoms with Gasteiger partial charge in [-0.05, 0) is 18.8 Å². The fraction of sp³-hybridized carbons (Fsp3) is 0.833. The normalized spacial score (nSPS) is 20.2. The minimum absolute atomic E-state index is 0.110. The number of nitrogens with zero attached hydrogens (tertiary/aromatic N) is 2. The molecule has 0 amide bonds. The second-order valence-electron chi connectivity index (χ2n) is 5.10. The lowest BCUT2D eigenvalue weighted by molar-refractivity contribution is 0.309. The van der Waals surface area contributed by atoms with Crippen LogP contribution in [0.15, 0.2) is 4.52 Å². The molecule has 1 fully saturated rings. The minimum atomic E-state index is -0.110. The predicted molar refractivity (Wildman–Crippen MR) is 61.9 cm³/mol. The quantitative estimate of drug-likeness (QED) is 0.855. The molecule has 4 heteroatoms. The number of hydrogen-bond donors (Lipinski definition) is 1. The van der Waals surface area contributed by atoms with Crippen LogP contribution in [-0.2, 0) is 0 Å². The van der Waals surface area contributed by atoms with E-state index in [0.29, 0.717) is 17.7 Å². The summed E-state index contributed by atoms with van der Waals surface area (Å²) in [4.78, 5) is 4.45. The highest BCUT2D eigenvalue weighted by Crippen LogP contribution is 2.32. The highest BCUT2D eigenvalue weighted by molar-refractivity contribution is 4.99. The Bertz CT molecular complexity index is 329. The molecule has 2 rings (SSSR count). The Morgan fingerprint density at radius 1 is 1.25 bits per heavy atom. The molecular formula is C12H21N3O. The van der Waals surface area contributed by atoms with Gasteiger partial charge in [-0.1, -0.05) is 38.3 Å². The summed E-state index contributed by atoms with van der Waals surface area (Å²) < 4.78 is 5.33. The van der Waals surface area contributed by atoms with Crippen LogP contribution in [-0.4, -0.2) is 10.1 Å². The molecular weight excluding hydrogens is 202 g/mol. The van der Waals surface area contributed by atoms with Crippen LogP contribution in [0.5, 0.6) is 0 Å². The van der Waals surface area contributed by atoms with Crippen LogP contribution in [0.3, 0.4) is 0 Å². The lowest BCUT2D eigenvalue weighted by atomic mass is 9.89. The number of hydrogen-bond acceptors (Lipinski definition) is 4. The van der Waals surface area contributed by atoms with Crippen molar-refractivity contribution in [2.24, 2.45) is 11.7 Å². The molecule has 1 heterocycles. The first-order valence-electron chi connectivity index (χ1n) is 6.27. The summed E-state index contributed by atoms with van der Waals surface area (Å²) in [7, 11) is 0. The lowest BCUT2D eigenvalue weighted by Gasteiger charge is -2.17. The van der Waals surface area contributed by atoms with Crippen molar-refractivity contribution in [3.05, 3.63) is 11.7 Å². The van der Waals surface area contributed by atoms with E-state index in [-0.39, 0.29) is 6.04 Å². The zero-order valence-corrected chi connectivity index (χ0v) is 10.1. The Kier molecular flexibility index (Phi) is 3.59. The molecule has 1 saturated carbocycles. The largest absolute Gasteiger partial charge is 0.339 e. The lowest BCUT2D eigenvalue weighted by Crippen LogP contribution is -2.18. The van der Waals surface area contributed by atoms with Crippen LogP contribution in [0, 0.1) is 5.92 Å². The third-order valence-electron chi connectivity index (χ3n) is 3.43. The van der Waals surface area contributed by atoms with Crippen LogP contribution in [0.25, 0.3) is 0 Å². The van der Waals surface area contributed by atoms with Crippen molar-refractivity contribution in [1.82, 2.24) is 10.1 Å². The number of rotatable bonds is 3. The van der Waals surface area contributed by atoms with Crippen LogP contribution < -0.4 is 5.73 Å². The predicted octanol–water partition coefficient (Wildman–Crippen LogP) is 2.77. The van der Waals surface area contributed by atoms with E-state index in [1.54, 1.807) is 0 Å². The molecule has 0 saturated heterocycles. The summed E-state index contributed by atoms with van der Waals surface area (Å²) in [5.74, 6) is 2.27. The summed E-state index contributed by atoms with van der Waals surface area (Å²) in [5, 5.41) is 4.00. The van der Waals surface area contributed by atoms with Gasteiger partial charge in [0.05, 0.1) is 6.04 Å². The van der Waals surface area contributed by atoms with E-state index in [4.69, 9.17) is 10.3 Å². The highest BCUT2D eigenvalue weighted by Gasteiger charge is 2.24. The van der Waals surface area contributed by atoms with Gasteiger partial charge in [0.25, 0.3) is 0 Å². The molecule has 1 aromatic rings. The minimum Gasteiger partial charge on any atom is -0.339 e. The van der Waals surface area contributed by atoms with Crippen molar-refractivity contribution in [1.29, 1.82) is 0 Å². The first kappa shape index (κ1) is 11.6. The van der Waals surface area contributed by atoms with Gasteiger partial charge in [0.1, 0.15) is 0 Å². The van der Waals surface area contributed by atoms with Crippen molar-refractivity contribution < 1.29 is 4.52 Å². The average Bonchev–Trinajstić information content (AvgIpc) is 2.78. The molecule has 16 heavy (non-hydrogen) atoms. The molecule has 1 aliphatic rings. The van der Waals surface area contributed by atoms with Gasteiger partial charge < -0.3 is 10.3 Å². The Hall–Kier alpha value is -0.900. The van der Waals surface area contributed by atoms with Crippen molar-refractivity contribution >= 4 is 0 Å². The summed E-state index contributed by atoms with van der Waals surface area (Å²) in [6.07, 6.45) is 6.25. The van der Waals surface area contributed by atoms with E-state index in [0.717, 1.165) is 5.89 Å². The van der Waals surface area contributed by atoms with Crippen LogP contribution in [0.2, 0.25) is 0 Å². The molecule has 1 unspecified atom stereocenters. The van der Waals surface area contributed by atoms with Gasteiger partial charge in [-0.15, -0.1) is 0 Å². The first-order chi connectivity index (χ1) is 7.68. The summed E-state index contributed by atoms with van der Waals surface area (Å²) >= 11 is 0. The zero-order valence-electron chi connectivity index (χ0n) is 10.1. The third kappa shape index (κ3) is 2.43. The van der Waals surface area contributed by atoms with Crippen molar-refractivity contribution in [3.63, 3.8) is 0 Å². The second kappa shape index (κ2) is 4.95. The van der Waals surface area contributed by atoms with Crippen LogP contribution in [0.4, 0.5) is 0 Å². The Labute approximate surface area is 96.6 Å². The van der Waals surface area contributed by atoms with Gasteiger partial charge in [-0.2, -0.15) is 4.98 Å². The van der Waals surface area contributed by atoms with Gasteiger partial charge >= 0.3 is 0 Å². The van der Waals surface area contributed by atoms with Gasteiger partial charge in [0.15, 0.2) is 5.82 Å². The number of aromatic nitrogens is 2. The van der Waals surface area contributed by atoms with Gasteiger partial charge in [0.2, 0.25) is 5.89 Å². The van der Waals surface area contributed by atoms with E-state index < -0.39 is 0 Å². The van der Waals surface area contributed by atoms with E-state index in [1.807, 2.05) is 0 Å². The molecule has 1 aromatic heterocycles. The molecule has 4 nitrogen and oxygen atoms in total. The Balaban J connectivity index is 2.06. The van der Waals surface area contributed by atoms with E-state index >= 15 is 0 Å².